The van der Waals surface area contributed by atoms with Gasteiger partial charge >= 0.3 is 5.97 Å². The van der Waals surface area contributed by atoms with Gasteiger partial charge in [0, 0.05) is 2.74 Å². The number of rotatable bonds is 6. The lowest BCUT2D eigenvalue weighted by molar-refractivity contribution is -0.141. The highest BCUT2D eigenvalue weighted by molar-refractivity contribution is 5.69. The van der Waals surface area contributed by atoms with Gasteiger partial charge in [-0.3, -0.25) is 4.79 Å². The molecule has 0 amide bonds. The van der Waals surface area contributed by atoms with Crippen LogP contribution < -0.4 is 0 Å². The van der Waals surface area contributed by atoms with Crippen LogP contribution in [-0.2, 0) is 4.79 Å². The molecular weight excluding hydrogens is 388 g/mol. The number of aliphatic hydroxyl groups is 2. The molecule has 7 unspecified atom stereocenters. The molecule has 0 heterocycles. The van der Waals surface area contributed by atoms with Crippen molar-refractivity contribution in [1.29, 1.82) is 0 Å². The smallest absolute Gasteiger partial charge is 0.306 e. The molecule has 31 heavy (non-hydrogen) atoms. The molecule has 4 aliphatic carbocycles. The first-order valence-corrected chi connectivity index (χ1v) is 12.5. The third-order valence-electron chi connectivity index (χ3n) is 10.2. The van der Waals surface area contributed by atoms with Gasteiger partial charge in [-0.25, -0.2) is 0 Å². The quantitative estimate of drug-likeness (QED) is 0.487. The number of carbonyl (C=O) groups is 1. The van der Waals surface area contributed by atoms with Gasteiger partial charge in [0.1, 0.15) is 0 Å². The average Bonchev–Trinajstić information content (AvgIpc) is 3.09. The summed E-state index contributed by atoms with van der Waals surface area (Å²) in [5, 5.41) is 30.9. The molecule has 0 spiro atoms. The van der Waals surface area contributed by atoms with E-state index in [9.17, 15) is 20.1 Å². The van der Waals surface area contributed by atoms with E-state index >= 15 is 0 Å². The highest BCUT2D eigenvalue weighted by Gasteiger charge is 2.61. The van der Waals surface area contributed by atoms with Crippen molar-refractivity contribution in [2.24, 2.45) is 46.3 Å². The van der Waals surface area contributed by atoms with Gasteiger partial charge in [0.05, 0.1) is 19.5 Å². The summed E-state index contributed by atoms with van der Waals surface area (Å²) in [5.74, 6) is -0.366. The second-order valence-electron chi connectivity index (χ2n) is 11.6. The first kappa shape index (κ1) is 19.6. The molecule has 4 heteroatoms. The Morgan fingerprint density at radius 2 is 1.94 bits per heavy atom. The Hall–Kier alpha value is -0.870. The molecule has 0 aromatic heterocycles. The van der Waals surface area contributed by atoms with E-state index in [1.54, 1.807) is 0 Å². The summed E-state index contributed by atoms with van der Waals surface area (Å²) in [5.41, 5.74) is 1.12. The fraction of sp³-hybridized carbons (Fsp3) is 0.889. The van der Waals surface area contributed by atoms with Gasteiger partial charge < -0.3 is 15.3 Å². The van der Waals surface area contributed by atoms with Crippen LogP contribution in [0.25, 0.3) is 0 Å². The molecule has 0 radical (unpaired) electrons. The Bertz CT molecular complexity index is 842. The SMILES string of the molecule is [2H]C([2H])(CCC(C)C1CCC2C3C(O)C=C4C[C@@]([2H])(O)CC[C@]4(C)C3CC[C@]12C)C(C)C(=O)O. The van der Waals surface area contributed by atoms with Crippen molar-refractivity contribution in [2.75, 3.05) is 0 Å². The van der Waals surface area contributed by atoms with Crippen LogP contribution in [0.3, 0.4) is 0 Å². The van der Waals surface area contributed by atoms with E-state index in [0.29, 0.717) is 42.9 Å². The van der Waals surface area contributed by atoms with E-state index in [1.165, 1.54) is 6.92 Å². The van der Waals surface area contributed by atoms with E-state index in [0.717, 1.165) is 37.7 Å². The van der Waals surface area contributed by atoms with Crippen molar-refractivity contribution in [3.05, 3.63) is 11.6 Å². The standard InChI is InChI=1S/C27H44O4/c1-16(6-5-7-17(2)25(30)31)20-8-9-21-24-22(11-13-27(20,21)4)26(3)12-10-19(28)14-18(26)15-23(24)29/h15-17,19-24,28-29H,5-14H2,1-4H3,(H,30,31)/t16?,17?,19-,20?,21?,22?,23?,24?,26-,27+/m0/s1/i7D2,19D. The van der Waals surface area contributed by atoms with E-state index in [2.05, 4.69) is 20.8 Å². The van der Waals surface area contributed by atoms with Crippen molar-refractivity contribution in [1.82, 2.24) is 0 Å². The van der Waals surface area contributed by atoms with Crippen molar-refractivity contribution in [3.63, 3.8) is 0 Å². The van der Waals surface area contributed by atoms with E-state index < -0.39 is 30.4 Å². The summed E-state index contributed by atoms with van der Waals surface area (Å²) < 4.78 is 24.7. The number of hydrogen-bond donors (Lipinski definition) is 3. The normalized spacial score (nSPS) is 50.6. The molecule has 0 aromatic rings. The minimum absolute atomic E-state index is 0.0504. The van der Waals surface area contributed by atoms with E-state index in [4.69, 9.17) is 4.11 Å². The van der Waals surface area contributed by atoms with Gasteiger partial charge in [-0.05, 0) is 91.7 Å². The van der Waals surface area contributed by atoms with Gasteiger partial charge in [-0.2, -0.15) is 0 Å². The van der Waals surface area contributed by atoms with Crippen LogP contribution in [0.2, 0.25) is 0 Å². The maximum absolute atomic E-state index is 11.3. The number of carboxylic acid groups (broad SMARTS) is 1. The van der Waals surface area contributed by atoms with Crippen molar-refractivity contribution in [3.8, 4) is 0 Å². The molecule has 4 aliphatic rings. The molecule has 10 atom stereocenters. The molecular formula is C27H44O4. The Kier molecular flexibility index (Phi) is 5.36. The van der Waals surface area contributed by atoms with Crippen LogP contribution in [0.1, 0.15) is 96.0 Å². The second-order valence-corrected chi connectivity index (χ2v) is 11.6. The van der Waals surface area contributed by atoms with Gasteiger partial charge in [-0.1, -0.05) is 52.2 Å². The lowest BCUT2D eigenvalue weighted by atomic mass is 9.46. The van der Waals surface area contributed by atoms with E-state index in [1.807, 2.05) is 6.08 Å². The van der Waals surface area contributed by atoms with Crippen LogP contribution in [-0.4, -0.2) is 33.5 Å². The zero-order valence-corrected chi connectivity index (χ0v) is 19.7. The monoisotopic (exact) mass is 435 g/mol. The lowest BCUT2D eigenvalue weighted by Crippen LogP contribution is -2.54. The Labute approximate surface area is 192 Å². The summed E-state index contributed by atoms with van der Waals surface area (Å²) in [6.07, 6.45) is 5.14. The Balaban J connectivity index is 1.51. The molecule has 0 aromatic carbocycles. The van der Waals surface area contributed by atoms with Crippen LogP contribution in [0.5, 0.6) is 0 Å². The fourth-order valence-corrected chi connectivity index (χ4v) is 8.27. The van der Waals surface area contributed by atoms with Crippen LogP contribution in [0.15, 0.2) is 11.6 Å². The minimum atomic E-state index is -1.72. The van der Waals surface area contributed by atoms with Crippen molar-refractivity contribution in [2.45, 2.75) is 104 Å². The summed E-state index contributed by atoms with van der Waals surface area (Å²) >= 11 is 0. The predicted octanol–water partition coefficient (Wildman–Crippen LogP) is 5.42. The van der Waals surface area contributed by atoms with Crippen molar-refractivity contribution < 1.29 is 24.2 Å². The summed E-state index contributed by atoms with van der Waals surface area (Å²) in [6, 6.07) is 0. The van der Waals surface area contributed by atoms with Gasteiger partial charge in [-0.15, -0.1) is 0 Å². The zero-order chi connectivity index (χ0) is 25.3. The maximum Gasteiger partial charge on any atom is 0.306 e. The highest BCUT2D eigenvalue weighted by Crippen LogP contribution is 2.67. The molecule has 3 N–H and O–H groups in total. The van der Waals surface area contributed by atoms with Crippen LogP contribution in [0, 0.1) is 46.3 Å². The Morgan fingerprint density at radius 1 is 1.19 bits per heavy atom. The van der Waals surface area contributed by atoms with Crippen LogP contribution >= 0.6 is 0 Å². The summed E-state index contributed by atoms with van der Waals surface area (Å²) in [7, 11) is 0. The lowest BCUT2D eigenvalue weighted by Gasteiger charge is -2.59. The number of fused-ring (bicyclic) bond motifs is 5. The topological polar surface area (TPSA) is 77.8 Å². The van der Waals surface area contributed by atoms with Crippen LogP contribution in [0.4, 0.5) is 0 Å². The summed E-state index contributed by atoms with van der Waals surface area (Å²) in [6.45, 7) is 8.34. The first-order valence-electron chi connectivity index (χ1n) is 14.0. The molecule has 0 saturated heterocycles. The first-order chi connectivity index (χ1) is 15.6. The number of carboxylic acids is 1. The number of hydrogen-bond acceptors (Lipinski definition) is 3. The molecule has 176 valence electrons. The molecule has 3 saturated carbocycles. The third-order valence-corrected chi connectivity index (χ3v) is 10.2. The molecule has 4 nitrogen and oxygen atoms in total. The Morgan fingerprint density at radius 3 is 2.65 bits per heavy atom. The molecule has 0 bridgehead atoms. The maximum atomic E-state index is 11.3. The van der Waals surface area contributed by atoms with Gasteiger partial charge in [0.15, 0.2) is 0 Å². The van der Waals surface area contributed by atoms with Crippen molar-refractivity contribution >= 4 is 5.97 Å². The minimum Gasteiger partial charge on any atom is -0.481 e. The molecule has 3 fully saturated rings. The average molecular weight is 436 g/mol. The van der Waals surface area contributed by atoms with Gasteiger partial charge in [0.25, 0.3) is 0 Å². The summed E-state index contributed by atoms with van der Waals surface area (Å²) in [4.78, 5) is 11.3. The van der Waals surface area contributed by atoms with Gasteiger partial charge in [0.2, 0.25) is 0 Å². The number of aliphatic carboxylic acids is 1. The molecule has 0 aliphatic heterocycles. The fourth-order valence-electron chi connectivity index (χ4n) is 8.27. The largest absolute Gasteiger partial charge is 0.481 e. The second kappa shape index (κ2) is 8.48. The number of aliphatic hydroxyl groups excluding tert-OH is 1. The zero-order valence-electron chi connectivity index (χ0n) is 22.7. The highest BCUT2D eigenvalue weighted by atomic mass is 16.4. The third kappa shape index (κ3) is 3.90. The predicted molar refractivity (Wildman–Crippen MR) is 122 cm³/mol. The van der Waals surface area contributed by atoms with E-state index in [-0.39, 0.29) is 23.2 Å². The molecule has 4 rings (SSSR count).